The lowest BCUT2D eigenvalue weighted by Crippen LogP contribution is -2.23. The Morgan fingerprint density at radius 2 is 1.39 bits per heavy atom. The minimum Gasteiger partial charge on any atom is -0.207 e. The quantitative estimate of drug-likeness (QED) is 0.593. The summed E-state index contributed by atoms with van der Waals surface area (Å²) in [5.41, 5.74) is 4.73. The normalized spacial score (nSPS) is 18.4. The lowest BCUT2D eigenvalue weighted by molar-refractivity contribution is -0.0382. The molecule has 1 aliphatic rings. The van der Waals surface area contributed by atoms with Crippen molar-refractivity contribution in [3.63, 3.8) is 0 Å². The Hall–Kier alpha value is -1.96. The minimum atomic E-state index is -2.45. The van der Waals surface area contributed by atoms with Crippen molar-refractivity contribution in [1.29, 1.82) is 0 Å². The second kappa shape index (κ2) is 6.66. The van der Waals surface area contributed by atoms with Crippen molar-refractivity contribution < 1.29 is 8.78 Å². The van der Waals surface area contributed by atoms with E-state index in [1.807, 2.05) is 13.0 Å². The van der Waals surface area contributed by atoms with Gasteiger partial charge >= 0.3 is 0 Å². The zero-order chi connectivity index (χ0) is 16.3. The Labute approximate surface area is 136 Å². The van der Waals surface area contributed by atoms with Crippen LogP contribution >= 0.6 is 0 Å². The first-order valence-corrected chi connectivity index (χ1v) is 8.28. The van der Waals surface area contributed by atoms with Gasteiger partial charge in [-0.3, -0.25) is 0 Å². The van der Waals surface area contributed by atoms with Crippen LogP contribution in [0.2, 0.25) is 0 Å². The van der Waals surface area contributed by atoms with E-state index in [1.165, 1.54) is 22.3 Å². The summed E-state index contributed by atoms with van der Waals surface area (Å²) in [5, 5.41) is 0. The molecule has 0 heterocycles. The van der Waals surface area contributed by atoms with E-state index in [2.05, 4.69) is 54.6 Å². The molecular formula is C21H22F2. The van der Waals surface area contributed by atoms with E-state index in [0.29, 0.717) is 12.8 Å². The zero-order valence-corrected chi connectivity index (χ0v) is 13.4. The molecule has 0 nitrogen and oxygen atoms in total. The highest BCUT2D eigenvalue weighted by molar-refractivity contribution is 5.66. The van der Waals surface area contributed by atoms with E-state index >= 15 is 0 Å². The highest BCUT2D eigenvalue weighted by atomic mass is 19.3. The van der Waals surface area contributed by atoms with Crippen molar-refractivity contribution in [3.8, 4) is 11.1 Å². The largest absolute Gasteiger partial charge is 0.248 e. The molecule has 1 fully saturated rings. The molecule has 0 saturated heterocycles. The van der Waals surface area contributed by atoms with Crippen LogP contribution in [0.15, 0.2) is 54.6 Å². The molecule has 0 spiro atoms. The second-order valence-corrected chi connectivity index (χ2v) is 6.37. The maximum Gasteiger partial charge on any atom is 0.248 e. The first kappa shape index (κ1) is 15.9. The molecule has 0 amide bonds. The standard InChI is InChI=1S/C21H22F2/c1-2-3-16-4-6-17(7-5-16)18-8-10-19(11-9-18)20-12-14-21(22,23)15-13-20/h2-11,20H,12-15H2,1H3/b3-2-. The Morgan fingerprint density at radius 1 is 0.870 bits per heavy atom. The molecular weight excluding hydrogens is 290 g/mol. The molecule has 120 valence electrons. The molecule has 2 aromatic carbocycles. The predicted octanol–water partition coefficient (Wildman–Crippen LogP) is 6.68. The van der Waals surface area contributed by atoms with Gasteiger partial charge in [-0.25, -0.2) is 8.78 Å². The maximum atomic E-state index is 13.3. The summed E-state index contributed by atoms with van der Waals surface area (Å²) in [4.78, 5) is 0. The lowest BCUT2D eigenvalue weighted by Gasteiger charge is -2.28. The highest BCUT2D eigenvalue weighted by Gasteiger charge is 2.35. The number of benzene rings is 2. The van der Waals surface area contributed by atoms with E-state index in [4.69, 9.17) is 0 Å². The third kappa shape index (κ3) is 3.87. The van der Waals surface area contributed by atoms with Gasteiger partial charge in [-0.1, -0.05) is 60.7 Å². The van der Waals surface area contributed by atoms with Crippen LogP contribution in [0.4, 0.5) is 8.78 Å². The summed E-state index contributed by atoms with van der Waals surface area (Å²) in [6.07, 6.45) is 5.32. The lowest BCUT2D eigenvalue weighted by atomic mass is 9.82. The van der Waals surface area contributed by atoms with Crippen molar-refractivity contribution >= 4 is 6.08 Å². The van der Waals surface area contributed by atoms with Gasteiger partial charge in [0.25, 0.3) is 0 Å². The summed E-state index contributed by atoms with van der Waals surface area (Å²) in [6.45, 7) is 2.01. The average Bonchev–Trinajstić information content (AvgIpc) is 2.56. The molecule has 0 aliphatic heterocycles. The van der Waals surface area contributed by atoms with Gasteiger partial charge in [0, 0.05) is 12.8 Å². The zero-order valence-electron chi connectivity index (χ0n) is 13.4. The number of alkyl halides is 2. The molecule has 0 radical (unpaired) electrons. The third-order valence-corrected chi connectivity index (χ3v) is 4.70. The SMILES string of the molecule is C/C=C\c1ccc(-c2ccc(C3CCC(F)(F)CC3)cc2)cc1. The summed E-state index contributed by atoms with van der Waals surface area (Å²) < 4.78 is 26.5. The molecule has 3 rings (SSSR count). The first-order chi connectivity index (χ1) is 11.1. The molecule has 0 atom stereocenters. The first-order valence-electron chi connectivity index (χ1n) is 8.28. The Bertz CT molecular complexity index is 656. The summed E-state index contributed by atoms with van der Waals surface area (Å²) in [5.74, 6) is -2.17. The predicted molar refractivity (Wildman–Crippen MR) is 92.7 cm³/mol. The fourth-order valence-electron chi connectivity index (χ4n) is 3.30. The van der Waals surface area contributed by atoms with Crippen LogP contribution in [0, 0.1) is 0 Å². The summed E-state index contributed by atoms with van der Waals surface area (Å²) in [6, 6.07) is 16.8. The van der Waals surface area contributed by atoms with Crippen LogP contribution in [-0.2, 0) is 0 Å². The number of allylic oxidation sites excluding steroid dienone is 1. The van der Waals surface area contributed by atoms with Gasteiger partial charge in [0.1, 0.15) is 0 Å². The average molecular weight is 312 g/mol. The maximum absolute atomic E-state index is 13.3. The molecule has 2 aromatic rings. The van der Waals surface area contributed by atoms with Crippen molar-refractivity contribution in [1.82, 2.24) is 0 Å². The number of hydrogen-bond acceptors (Lipinski definition) is 0. The Kier molecular flexibility index (Phi) is 4.61. The second-order valence-electron chi connectivity index (χ2n) is 6.37. The van der Waals surface area contributed by atoms with E-state index < -0.39 is 5.92 Å². The molecule has 1 aliphatic carbocycles. The van der Waals surface area contributed by atoms with Crippen molar-refractivity contribution in [2.45, 2.75) is 44.4 Å². The number of rotatable bonds is 3. The topological polar surface area (TPSA) is 0 Å². The van der Waals surface area contributed by atoms with E-state index in [-0.39, 0.29) is 18.8 Å². The van der Waals surface area contributed by atoms with E-state index in [9.17, 15) is 8.78 Å². The third-order valence-electron chi connectivity index (χ3n) is 4.70. The highest BCUT2D eigenvalue weighted by Crippen LogP contribution is 2.41. The van der Waals surface area contributed by atoms with Crippen LogP contribution in [0.5, 0.6) is 0 Å². The van der Waals surface area contributed by atoms with Crippen molar-refractivity contribution in [3.05, 3.63) is 65.7 Å². The summed E-state index contributed by atoms with van der Waals surface area (Å²) >= 11 is 0. The van der Waals surface area contributed by atoms with Gasteiger partial charge in [0.2, 0.25) is 5.92 Å². The smallest absolute Gasteiger partial charge is 0.207 e. The minimum absolute atomic E-state index is 0.0197. The van der Waals surface area contributed by atoms with Gasteiger partial charge in [0.05, 0.1) is 0 Å². The van der Waals surface area contributed by atoms with Crippen molar-refractivity contribution in [2.24, 2.45) is 0 Å². The van der Waals surface area contributed by atoms with Crippen LogP contribution in [0.25, 0.3) is 17.2 Å². The molecule has 0 aromatic heterocycles. The monoisotopic (exact) mass is 312 g/mol. The van der Waals surface area contributed by atoms with Gasteiger partial charge in [-0.15, -0.1) is 0 Å². The van der Waals surface area contributed by atoms with Gasteiger partial charge < -0.3 is 0 Å². The van der Waals surface area contributed by atoms with Crippen molar-refractivity contribution in [2.75, 3.05) is 0 Å². The fraction of sp³-hybridized carbons (Fsp3) is 0.333. The number of halogens is 2. The van der Waals surface area contributed by atoms with Gasteiger partial charge in [-0.2, -0.15) is 0 Å². The molecule has 0 bridgehead atoms. The number of hydrogen-bond donors (Lipinski definition) is 0. The Balaban J connectivity index is 1.72. The summed E-state index contributed by atoms with van der Waals surface area (Å²) in [7, 11) is 0. The molecule has 0 unspecified atom stereocenters. The molecule has 23 heavy (non-hydrogen) atoms. The van der Waals surface area contributed by atoms with Crippen LogP contribution < -0.4 is 0 Å². The van der Waals surface area contributed by atoms with Crippen LogP contribution in [0.3, 0.4) is 0 Å². The molecule has 2 heteroatoms. The van der Waals surface area contributed by atoms with E-state index in [0.717, 1.165) is 0 Å². The molecule has 1 saturated carbocycles. The van der Waals surface area contributed by atoms with Crippen LogP contribution in [-0.4, -0.2) is 5.92 Å². The van der Waals surface area contributed by atoms with Gasteiger partial charge in [0.15, 0.2) is 0 Å². The van der Waals surface area contributed by atoms with Crippen LogP contribution in [0.1, 0.15) is 49.7 Å². The fourth-order valence-corrected chi connectivity index (χ4v) is 3.30. The van der Waals surface area contributed by atoms with E-state index in [1.54, 1.807) is 0 Å². The van der Waals surface area contributed by atoms with Gasteiger partial charge in [-0.05, 0) is 47.9 Å². The Morgan fingerprint density at radius 3 is 1.91 bits per heavy atom. The molecule has 0 N–H and O–H groups in total.